The van der Waals surface area contributed by atoms with Crippen LogP contribution in [0.5, 0.6) is 0 Å². The van der Waals surface area contributed by atoms with Crippen molar-refractivity contribution in [1.29, 1.82) is 0 Å². The fourth-order valence-corrected chi connectivity index (χ4v) is 5.85. The molecule has 0 bridgehead atoms. The molecule has 2 heterocycles. The van der Waals surface area contributed by atoms with E-state index in [-0.39, 0.29) is 44.6 Å². The van der Waals surface area contributed by atoms with E-state index in [2.05, 4.69) is 14.5 Å². The molecule has 11 nitrogen and oxygen atoms in total. The Morgan fingerprint density at radius 3 is 2.72 bits per heavy atom. The number of hydrogen-bond acceptors (Lipinski definition) is 9. The van der Waals surface area contributed by atoms with Crippen molar-refractivity contribution >= 4 is 27.3 Å². The summed E-state index contributed by atoms with van der Waals surface area (Å²) in [5.41, 5.74) is 5.86. The number of fused-ring (bicyclic) bond motifs is 1. The van der Waals surface area contributed by atoms with E-state index in [1.54, 1.807) is 6.92 Å². The largest absolute Gasteiger partial charge is 0.480 e. The van der Waals surface area contributed by atoms with Gasteiger partial charge in [0.25, 0.3) is 5.95 Å². The highest BCUT2D eigenvalue weighted by Crippen LogP contribution is 2.35. The molecule has 0 amide bonds. The summed E-state index contributed by atoms with van der Waals surface area (Å²) in [4.78, 5) is 12.7. The number of ether oxygens (including phenoxy) is 1. The minimum absolute atomic E-state index is 0.0204. The van der Waals surface area contributed by atoms with Crippen LogP contribution in [0.25, 0.3) is 11.0 Å². The molecule has 1 unspecified atom stereocenters. The summed E-state index contributed by atoms with van der Waals surface area (Å²) < 4.78 is 37.7. The van der Waals surface area contributed by atoms with Gasteiger partial charge in [0.1, 0.15) is 5.52 Å². The summed E-state index contributed by atoms with van der Waals surface area (Å²) in [6.07, 6.45) is 2.84. The second kappa shape index (κ2) is 12.1. The Hall–Kier alpha value is -3.48. The lowest BCUT2D eigenvalue weighted by Crippen LogP contribution is -2.35. The molecule has 2 aromatic carbocycles. The van der Waals surface area contributed by atoms with Crippen LogP contribution in [0, 0.1) is 13.8 Å². The minimum atomic E-state index is -4.12. The number of benzene rings is 2. The number of aliphatic hydroxyl groups is 2. The van der Waals surface area contributed by atoms with Gasteiger partial charge in [-0.25, -0.2) is 4.68 Å². The lowest BCUT2D eigenvalue weighted by Gasteiger charge is -2.25. The van der Waals surface area contributed by atoms with Gasteiger partial charge in [-0.05, 0) is 61.9 Å². The zero-order valence-electron chi connectivity index (χ0n) is 22.3. The van der Waals surface area contributed by atoms with Gasteiger partial charge in [0.15, 0.2) is 0 Å². The number of nitrogens with zero attached hydrogens (tertiary/aromatic N) is 4. The van der Waals surface area contributed by atoms with E-state index in [4.69, 9.17) is 9.84 Å². The predicted molar refractivity (Wildman–Crippen MR) is 144 cm³/mol. The third kappa shape index (κ3) is 6.57. The number of aromatic nitrogens is 3. The van der Waals surface area contributed by atoms with Crippen LogP contribution in [0.15, 0.2) is 42.4 Å². The van der Waals surface area contributed by atoms with Crippen molar-refractivity contribution in [1.82, 2.24) is 19.3 Å². The summed E-state index contributed by atoms with van der Waals surface area (Å²) >= 11 is 0. The molecule has 0 radical (unpaired) electrons. The highest BCUT2D eigenvalue weighted by molar-refractivity contribution is 7.84. The van der Waals surface area contributed by atoms with Gasteiger partial charge in [-0.2, -0.15) is 12.7 Å². The molecule has 39 heavy (non-hydrogen) atoms. The van der Waals surface area contributed by atoms with Crippen molar-refractivity contribution in [3.63, 3.8) is 0 Å². The molecule has 0 fully saturated rings. The fourth-order valence-electron chi connectivity index (χ4n) is 4.89. The van der Waals surface area contributed by atoms with E-state index in [0.29, 0.717) is 13.0 Å². The first-order valence-corrected chi connectivity index (χ1v) is 14.3. The SMILES string of the molecule is CCOC(=O)CC(c1cc(C)cc(CN2CC=C(O)OS2(=O)=O)c1)c1ccc2c(nnn2CCCCO)c1C. The third-order valence-electron chi connectivity index (χ3n) is 6.71. The van der Waals surface area contributed by atoms with Gasteiger partial charge in [-0.15, -0.1) is 5.10 Å². The Kier molecular flexibility index (Phi) is 8.88. The van der Waals surface area contributed by atoms with Crippen LogP contribution in [0.2, 0.25) is 0 Å². The second-order valence-corrected chi connectivity index (χ2v) is 11.1. The van der Waals surface area contributed by atoms with Crippen molar-refractivity contribution in [2.75, 3.05) is 19.8 Å². The second-order valence-electron chi connectivity index (χ2n) is 9.58. The van der Waals surface area contributed by atoms with Crippen molar-refractivity contribution in [3.05, 3.63) is 70.2 Å². The zero-order valence-corrected chi connectivity index (χ0v) is 23.1. The first-order chi connectivity index (χ1) is 18.6. The number of hydrogen-bond donors (Lipinski definition) is 2. The molecule has 1 atom stereocenters. The maximum Gasteiger partial charge on any atom is 0.388 e. The molecule has 1 aliphatic heterocycles. The van der Waals surface area contributed by atoms with Gasteiger partial charge in [-0.3, -0.25) is 4.79 Å². The summed E-state index contributed by atoms with van der Waals surface area (Å²) in [5.74, 6) is -1.35. The Labute approximate surface area is 227 Å². The predicted octanol–water partition coefficient (Wildman–Crippen LogP) is 3.38. The molecule has 1 aliphatic rings. The third-order valence-corrected chi connectivity index (χ3v) is 8.00. The van der Waals surface area contributed by atoms with E-state index in [1.165, 1.54) is 6.08 Å². The fraction of sp³-hybridized carbons (Fsp3) is 0.444. The lowest BCUT2D eigenvalue weighted by molar-refractivity contribution is -0.143. The zero-order chi connectivity index (χ0) is 28.2. The molecule has 210 valence electrons. The van der Waals surface area contributed by atoms with Gasteiger partial charge < -0.3 is 19.1 Å². The van der Waals surface area contributed by atoms with Crippen molar-refractivity contribution in [2.24, 2.45) is 0 Å². The maximum atomic E-state index is 12.7. The van der Waals surface area contributed by atoms with E-state index in [1.807, 2.05) is 48.9 Å². The van der Waals surface area contributed by atoms with E-state index in [9.17, 15) is 18.3 Å². The number of aliphatic hydroxyl groups excluding tert-OH is 2. The number of aryl methyl sites for hydroxylation is 3. The lowest BCUT2D eigenvalue weighted by atomic mass is 9.84. The molecule has 0 saturated carbocycles. The van der Waals surface area contributed by atoms with Gasteiger partial charge in [0, 0.05) is 38.2 Å². The average molecular weight is 559 g/mol. The Morgan fingerprint density at radius 1 is 1.21 bits per heavy atom. The number of esters is 1. The normalized spacial score (nSPS) is 16.1. The quantitative estimate of drug-likeness (QED) is 0.267. The molecule has 12 heteroatoms. The summed E-state index contributed by atoms with van der Waals surface area (Å²) in [6.45, 7) is 6.67. The molecule has 0 spiro atoms. The van der Waals surface area contributed by atoms with Gasteiger partial charge in [0.2, 0.25) is 0 Å². The van der Waals surface area contributed by atoms with E-state index in [0.717, 1.165) is 49.6 Å². The minimum Gasteiger partial charge on any atom is -0.480 e. The smallest absolute Gasteiger partial charge is 0.388 e. The maximum absolute atomic E-state index is 12.7. The van der Waals surface area contributed by atoms with Gasteiger partial charge in [-0.1, -0.05) is 35.0 Å². The van der Waals surface area contributed by atoms with Crippen LogP contribution in [0.1, 0.15) is 59.9 Å². The highest BCUT2D eigenvalue weighted by Gasteiger charge is 2.30. The molecule has 4 rings (SSSR count). The molecule has 3 aromatic rings. The van der Waals surface area contributed by atoms with Gasteiger partial charge in [0.05, 0.1) is 18.5 Å². The molecular weight excluding hydrogens is 524 g/mol. The van der Waals surface area contributed by atoms with E-state index >= 15 is 0 Å². The molecule has 0 saturated heterocycles. The Balaban J connectivity index is 1.72. The van der Waals surface area contributed by atoms with Crippen molar-refractivity contribution < 1.29 is 32.3 Å². The molecule has 1 aromatic heterocycles. The number of carbonyl (C=O) groups excluding carboxylic acids is 1. The van der Waals surface area contributed by atoms with Crippen LogP contribution in [0.4, 0.5) is 0 Å². The number of carbonyl (C=O) groups is 1. The van der Waals surface area contributed by atoms with Crippen LogP contribution in [-0.4, -0.2) is 63.7 Å². The summed E-state index contributed by atoms with van der Waals surface area (Å²) in [6, 6.07) is 9.68. The number of rotatable bonds is 11. The van der Waals surface area contributed by atoms with Gasteiger partial charge >= 0.3 is 16.3 Å². The van der Waals surface area contributed by atoms with Crippen molar-refractivity contribution in [2.45, 2.75) is 59.0 Å². The van der Waals surface area contributed by atoms with E-state index < -0.39 is 16.2 Å². The van der Waals surface area contributed by atoms with Crippen LogP contribution in [0.3, 0.4) is 0 Å². The van der Waals surface area contributed by atoms with Crippen LogP contribution < -0.4 is 0 Å². The molecular formula is C27H34N4O7S. The van der Waals surface area contributed by atoms with Crippen molar-refractivity contribution in [3.8, 4) is 0 Å². The standard InChI is InChI=1S/C27H34N4O7S/c1-4-37-26(34)16-23(22-7-8-24-27(19(22)3)28-29-31(24)10-5-6-12-32)21-14-18(2)13-20(15-21)17-30-11-9-25(33)38-39(30,35)36/h7-9,13-15,23,32-33H,4-6,10-12,16-17H2,1-3H3. The Bertz CT molecular complexity index is 1480. The topological polar surface area (TPSA) is 144 Å². The molecule has 2 N–H and O–H groups in total. The average Bonchev–Trinajstić information content (AvgIpc) is 3.28. The summed E-state index contributed by atoms with van der Waals surface area (Å²) in [5, 5.41) is 27.3. The molecule has 0 aliphatic carbocycles. The Morgan fingerprint density at radius 2 is 2.00 bits per heavy atom. The van der Waals surface area contributed by atoms with Crippen LogP contribution >= 0.6 is 0 Å². The first-order valence-electron chi connectivity index (χ1n) is 12.9. The monoisotopic (exact) mass is 558 g/mol. The first kappa shape index (κ1) is 28.5. The number of unbranched alkanes of at least 4 members (excludes halogenated alkanes) is 1. The highest BCUT2D eigenvalue weighted by atomic mass is 32.2. The van der Waals surface area contributed by atoms with Crippen LogP contribution in [-0.2, 0) is 37.1 Å². The summed E-state index contributed by atoms with van der Waals surface area (Å²) in [7, 11) is -4.12.